The van der Waals surface area contributed by atoms with Crippen molar-refractivity contribution in [3.8, 4) is 0 Å². The first kappa shape index (κ1) is 31.1. The van der Waals surface area contributed by atoms with Crippen LogP contribution in [0.3, 0.4) is 0 Å². The number of rotatable bonds is 6. The molecule has 41 heavy (non-hydrogen) atoms. The zero-order valence-corrected chi connectivity index (χ0v) is 27.8. The van der Waals surface area contributed by atoms with Crippen LogP contribution < -0.4 is 15.4 Å². The second-order valence-electron chi connectivity index (χ2n) is 13.0. The number of para-hydroxylation sites is 1. The zero-order chi connectivity index (χ0) is 30.3. The predicted octanol–water partition coefficient (Wildman–Crippen LogP) is 6.74. The Labute approximate surface area is 248 Å². The summed E-state index contributed by atoms with van der Waals surface area (Å²) < 4.78 is 13.9. The van der Waals surface area contributed by atoms with Crippen LogP contribution in [0.15, 0.2) is 40.4 Å². The molecule has 0 fully saturated rings. The highest BCUT2D eigenvalue weighted by Crippen LogP contribution is 2.40. The van der Waals surface area contributed by atoms with Gasteiger partial charge in [0, 0.05) is 31.2 Å². The molecule has 1 amide bonds. The van der Waals surface area contributed by atoms with Gasteiger partial charge in [-0.3, -0.25) is 14.3 Å². The Morgan fingerprint density at radius 1 is 1.10 bits per heavy atom. The van der Waals surface area contributed by atoms with Gasteiger partial charge in [0.2, 0.25) is 0 Å². The van der Waals surface area contributed by atoms with Crippen LogP contribution in [0.25, 0.3) is 11.0 Å². The lowest BCUT2D eigenvalue weighted by Crippen LogP contribution is -2.46. The fourth-order valence-electron chi connectivity index (χ4n) is 4.63. The van der Waals surface area contributed by atoms with E-state index < -0.39 is 20.0 Å². The third-order valence-corrected chi connectivity index (χ3v) is 12.9. The van der Waals surface area contributed by atoms with E-state index in [9.17, 15) is 9.59 Å². The van der Waals surface area contributed by atoms with Crippen LogP contribution in [0.4, 0.5) is 21.9 Å². The molecule has 0 radical (unpaired) electrons. The Kier molecular flexibility index (Phi) is 8.64. The van der Waals surface area contributed by atoms with Crippen LogP contribution in [0.1, 0.15) is 47.1 Å². The Balaban J connectivity index is 1.80. The molecule has 0 unspecified atom stereocenters. The largest absolute Gasteiger partial charge is 0.443 e. The number of pyridine rings is 1. The number of carbonyl (C=O) groups is 1. The first-order valence-electron chi connectivity index (χ1n) is 14.0. The van der Waals surface area contributed by atoms with Crippen LogP contribution in [0.2, 0.25) is 18.1 Å². The molecule has 1 aliphatic rings. The van der Waals surface area contributed by atoms with Crippen molar-refractivity contribution in [3.05, 3.63) is 46.4 Å². The van der Waals surface area contributed by atoms with E-state index >= 15 is 0 Å². The summed E-state index contributed by atoms with van der Waals surface area (Å²) >= 11 is 1.44. The molecule has 3 aromatic rings. The minimum Gasteiger partial charge on any atom is -0.443 e. The number of aromatic nitrogens is 3. The molecule has 1 aromatic carbocycles. The lowest BCUT2D eigenvalue weighted by molar-refractivity contribution is 0.0580. The number of aryl methyl sites for hydroxylation is 1. The van der Waals surface area contributed by atoms with E-state index in [1.54, 1.807) is 15.7 Å². The van der Waals surface area contributed by atoms with Gasteiger partial charge in [-0.25, -0.2) is 14.8 Å². The highest BCUT2D eigenvalue weighted by molar-refractivity contribution is 7.98. The van der Waals surface area contributed by atoms with Crippen molar-refractivity contribution in [2.24, 2.45) is 0 Å². The summed E-state index contributed by atoms with van der Waals surface area (Å²) in [6, 6.07) is 7.72. The van der Waals surface area contributed by atoms with Crippen molar-refractivity contribution in [1.29, 1.82) is 0 Å². The molecule has 9 nitrogen and oxygen atoms in total. The van der Waals surface area contributed by atoms with Crippen LogP contribution in [-0.4, -0.2) is 60.5 Å². The summed E-state index contributed by atoms with van der Waals surface area (Å²) in [6.07, 6.45) is 3.29. The highest BCUT2D eigenvalue weighted by Gasteiger charge is 2.37. The third-order valence-electron chi connectivity index (χ3n) is 7.78. The Morgan fingerprint density at radius 3 is 2.44 bits per heavy atom. The van der Waals surface area contributed by atoms with E-state index in [4.69, 9.17) is 14.1 Å². The van der Waals surface area contributed by atoms with Crippen LogP contribution >= 0.6 is 11.8 Å². The molecule has 0 bridgehead atoms. The van der Waals surface area contributed by atoms with Crippen molar-refractivity contribution in [1.82, 2.24) is 14.5 Å². The number of hydrogen-bond acceptors (Lipinski definition) is 8. The fourth-order valence-corrected chi connectivity index (χ4v) is 6.00. The maximum absolute atomic E-state index is 14.2. The summed E-state index contributed by atoms with van der Waals surface area (Å²) in [4.78, 5) is 40.3. The number of benzene rings is 1. The topological polar surface area (TPSA) is 89.8 Å². The standard InChI is InChI=1S/C30H43N5O4SSi/c1-20-12-11-13-22-24(20)34(28(37)39-29(2,3)4)15-14-33(22)23-18-21-19-31-27(40-8)32-25(21)35(26(23)36)16-17-38-41(9,10)30(5,6)7/h11-13,18-19H,14-17H2,1-10H3. The number of ether oxygens (including phenoxy) is 1. The van der Waals surface area contributed by atoms with Crippen molar-refractivity contribution < 1.29 is 14.0 Å². The second-order valence-corrected chi connectivity index (χ2v) is 18.5. The highest BCUT2D eigenvalue weighted by atomic mass is 32.2. The van der Waals surface area contributed by atoms with Gasteiger partial charge in [-0.15, -0.1) is 0 Å². The predicted molar refractivity (Wildman–Crippen MR) is 170 cm³/mol. The quantitative estimate of drug-likeness (QED) is 0.175. The molecular formula is C30H43N5O4SSi. The molecule has 0 atom stereocenters. The average Bonchev–Trinajstić information content (AvgIpc) is 2.87. The van der Waals surface area contributed by atoms with Gasteiger partial charge in [0.25, 0.3) is 5.56 Å². The molecule has 0 saturated heterocycles. The van der Waals surface area contributed by atoms with E-state index in [0.717, 1.165) is 22.3 Å². The van der Waals surface area contributed by atoms with Crippen molar-refractivity contribution in [2.75, 3.05) is 35.8 Å². The third kappa shape index (κ3) is 6.47. The molecule has 0 N–H and O–H groups in total. The van der Waals surface area contributed by atoms with Crippen LogP contribution in [0.5, 0.6) is 0 Å². The maximum atomic E-state index is 14.2. The normalized spacial score (nSPS) is 14.4. The molecular weight excluding hydrogens is 555 g/mol. The molecule has 3 heterocycles. The fraction of sp³-hybridized carbons (Fsp3) is 0.533. The van der Waals surface area contributed by atoms with Crippen LogP contribution in [-0.2, 0) is 15.7 Å². The molecule has 4 rings (SSSR count). The number of anilines is 3. The van der Waals surface area contributed by atoms with Gasteiger partial charge in [0.05, 0.1) is 18.0 Å². The summed E-state index contributed by atoms with van der Waals surface area (Å²) in [5.41, 5.74) is 2.79. The second kappa shape index (κ2) is 11.4. The van der Waals surface area contributed by atoms with E-state index in [2.05, 4.69) is 38.8 Å². The zero-order valence-electron chi connectivity index (χ0n) is 26.0. The van der Waals surface area contributed by atoms with E-state index in [1.807, 2.05) is 63.1 Å². The summed E-state index contributed by atoms with van der Waals surface area (Å²) in [6.45, 7) is 20.2. The van der Waals surface area contributed by atoms with Gasteiger partial charge in [-0.2, -0.15) is 0 Å². The van der Waals surface area contributed by atoms with Gasteiger partial charge in [0.15, 0.2) is 13.5 Å². The summed E-state index contributed by atoms with van der Waals surface area (Å²) in [7, 11) is -2.01. The number of nitrogens with zero attached hydrogens (tertiary/aromatic N) is 5. The van der Waals surface area contributed by atoms with Gasteiger partial charge in [-0.05, 0) is 69.8 Å². The van der Waals surface area contributed by atoms with Gasteiger partial charge in [0.1, 0.15) is 16.9 Å². The lowest BCUT2D eigenvalue weighted by atomic mass is 10.1. The molecule has 0 aliphatic carbocycles. The molecule has 222 valence electrons. The number of hydrogen-bond donors (Lipinski definition) is 0. The van der Waals surface area contributed by atoms with Crippen LogP contribution in [0, 0.1) is 6.92 Å². The monoisotopic (exact) mass is 597 g/mol. The minimum absolute atomic E-state index is 0.0610. The summed E-state index contributed by atoms with van der Waals surface area (Å²) in [5.74, 6) is 0. The van der Waals surface area contributed by atoms with Gasteiger partial charge < -0.3 is 14.1 Å². The van der Waals surface area contributed by atoms with E-state index in [-0.39, 0.29) is 10.6 Å². The molecule has 2 aromatic heterocycles. The molecule has 0 saturated carbocycles. The lowest BCUT2D eigenvalue weighted by Gasteiger charge is -2.39. The SMILES string of the molecule is CSc1ncc2cc(N3CCN(C(=O)OC(C)(C)C)c4c(C)cccc43)c(=O)n(CCO[Si](C)(C)C(C)(C)C)c2n1. The minimum atomic E-state index is -2.01. The Hall–Kier alpha value is -2.89. The molecule has 0 spiro atoms. The number of carbonyl (C=O) groups excluding carboxylic acids is 1. The average molecular weight is 598 g/mol. The van der Waals surface area contributed by atoms with E-state index in [0.29, 0.717) is 42.7 Å². The van der Waals surface area contributed by atoms with Crippen molar-refractivity contribution in [3.63, 3.8) is 0 Å². The smallest absolute Gasteiger partial charge is 0.414 e. The Bertz CT molecular complexity index is 1510. The van der Waals surface area contributed by atoms with Crippen molar-refractivity contribution >= 4 is 54.3 Å². The summed E-state index contributed by atoms with van der Waals surface area (Å²) in [5, 5.41) is 1.44. The van der Waals surface area contributed by atoms with Gasteiger partial charge in [-0.1, -0.05) is 44.7 Å². The Morgan fingerprint density at radius 2 is 1.80 bits per heavy atom. The number of amides is 1. The first-order chi connectivity index (χ1) is 19.0. The number of thioether (sulfide) groups is 1. The van der Waals surface area contributed by atoms with Crippen molar-refractivity contribution in [2.45, 2.75) is 83.9 Å². The molecule has 1 aliphatic heterocycles. The maximum Gasteiger partial charge on any atom is 0.414 e. The van der Waals surface area contributed by atoms with E-state index in [1.165, 1.54) is 11.8 Å². The van der Waals surface area contributed by atoms with Gasteiger partial charge >= 0.3 is 6.09 Å². The molecule has 11 heteroatoms. The number of fused-ring (bicyclic) bond motifs is 2. The first-order valence-corrected chi connectivity index (χ1v) is 18.1.